The molecule has 0 bridgehead atoms. The van der Waals surface area contributed by atoms with Crippen LogP contribution in [0.1, 0.15) is 16.8 Å². The smallest absolute Gasteiger partial charge is 0.253 e. The number of nitrogens with zero attached hydrogens (tertiary/aromatic N) is 2. The van der Waals surface area contributed by atoms with Gasteiger partial charge in [0.2, 0.25) is 5.91 Å². The zero-order valence-electron chi connectivity index (χ0n) is 17.7. The third-order valence-corrected chi connectivity index (χ3v) is 6.03. The summed E-state index contributed by atoms with van der Waals surface area (Å²) in [5.41, 5.74) is 1.25. The van der Waals surface area contributed by atoms with E-state index in [1.54, 1.807) is 36.4 Å². The lowest BCUT2D eigenvalue weighted by Crippen LogP contribution is -2.37. The molecule has 6 nitrogen and oxygen atoms in total. The van der Waals surface area contributed by atoms with E-state index in [9.17, 15) is 9.59 Å². The van der Waals surface area contributed by atoms with Crippen LogP contribution in [0, 0.1) is 0 Å². The maximum atomic E-state index is 12.7. The topological polar surface area (TPSA) is 61.9 Å². The molecule has 1 aliphatic heterocycles. The maximum absolute atomic E-state index is 12.7. The van der Waals surface area contributed by atoms with E-state index in [4.69, 9.17) is 16.3 Å². The van der Waals surface area contributed by atoms with Crippen molar-refractivity contribution in [1.29, 1.82) is 0 Å². The van der Waals surface area contributed by atoms with Gasteiger partial charge in [-0.2, -0.15) is 11.8 Å². The van der Waals surface area contributed by atoms with Crippen LogP contribution in [0.15, 0.2) is 48.5 Å². The SMILES string of the molecule is CN(CCCOc1cccc(Cl)c1)CC(=O)Nc1cccc(C(=O)N2CCSCC2)c1. The lowest BCUT2D eigenvalue weighted by atomic mass is 10.1. The molecule has 1 fully saturated rings. The molecule has 1 aliphatic rings. The lowest BCUT2D eigenvalue weighted by molar-refractivity contribution is -0.117. The third-order valence-electron chi connectivity index (χ3n) is 4.85. The Balaban J connectivity index is 1.40. The van der Waals surface area contributed by atoms with Gasteiger partial charge in [-0.1, -0.05) is 23.7 Å². The highest BCUT2D eigenvalue weighted by Gasteiger charge is 2.18. The summed E-state index contributed by atoms with van der Waals surface area (Å²) in [4.78, 5) is 28.9. The number of benzene rings is 2. The summed E-state index contributed by atoms with van der Waals surface area (Å²) >= 11 is 7.81. The summed E-state index contributed by atoms with van der Waals surface area (Å²) in [6.07, 6.45) is 0.786. The first-order valence-electron chi connectivity index (χ1n) is 10.3. The van der Waals surface area contributed by atoms with Gasteiger partial charge in [0.05, 0.1) is 13.2 Å². The van der Waals surface area contributed by atoms with Gasteiger partial charge in [0.25, 0.3) is 5.91 Å². The second kappa shape index (κ2) is 12.0. The van der Waals surface area contributed by atoms with Gasteiger partial charge >= 0.3 is 0 Å². The minimum absolute atomic E-state index is 0.0215. The van der Waals surface area contributed by atoms with Gasteiger partial charge in [0, 0.05) is 47.4 Å². The molecule has 3 rings (SSSR count). The van der Waals surface area contributed by atoms with Crippen LogP contribution in [0.2, 0.25) is 5.02 Å². The van der Waals surface area contributed by atoms with Crippen LogP contribution >= 0.6 is 23.4 Å². The van der Waals surface area contributed by atoms with Crippen molar-refractivity contribution in [3.8, 4) is 5.75 Å². The van der Waals surface area contributed by atoms with Crippen molar-refractivity contribution in [1.82, 2.24) is 9.80 Å². The first-order chi connectivity index (χ1) is 15.0. The van der Waals surface area contributed by atoms with Crippen molar-refractivity contribution >= 4 is 40.9 Å². The van der Waals surface area contributed by atoms with Gasteiger partial charge < -0.3 is 15.0 Å². The van der Waals surface area contributed by atoms with Crippen molar-refractivity contribution in [3.63, 3.8) is 0 Å². The number of ether oxygens (including phenoxy) is 1. The minimum Gasteiger partial charge on any atom is -0.493 e. The molecule has 1 heterocycles. The fraction of sp³-hybridized carbons (Fsp3) is 0.391. The Bertz CT molecular complexity index is 890. The van der Waals surface area contributed by atoms with Crippen LogP contribution in [0.5, 0.6) is 5.75 Å². The molecule has 0 aliphatic carbocycles. The molecule has 0 saturated carbocycles. The summed E-state index contributed by atoms with van der Waals surface area (Å²) < 4.78 is 5.67. The van der Waals surface area contributed by atoms with Gasteiger partial charge in [-0.05, 0) is 49.9 Å². The number of carbonyl (C=O) groups excluding carboxylic acids is 2. The molecule has 2 amide bonds. The number of anilines is 1. The van der Waals surface area contributed by atoms with E-state index in [2.05, 4.69) is 5.32 Å². The molecule has 166 valence electrons. The number of carbonyl (C=O) groups is 2. The Morgan fingerprint density at radius 2 is 1.94 bits per heavy atom. The number of halogens is 1. The van der Waals surface area contributed by atoms with E-state index in [0.717, 1.165) is 43.3 Å². The van der Waals surface area contributed by atoms with Crippen LogP contribution < -0.4 is 10.1 Å². The molecule has 0 aromatic heterocycles. The molecule has 0 spiro atoms. The van der Waals surface area contributed by atoms with Crippen molar-refractivity contribution in [2.75, 3.05) is 56.7 Å². The predicted octanol–water partition coefficient (Wildman–Crippen LogP) is 3.87. The number of thioether (sulfide) groups is 1. The highest BCUT2D eigenvalue weighted by Crippen LogP contribution is 2.18. The molecule has 8 heteroatoms. The Labute approximate surface area is 192 Å². The molecule has 2 aromatic rings. The van der Waals surface area contributed by atoms with Gasteiger partial charge in [0.15, 0.2) is 0 Å². The van der Waals surface area contributed by atoms with E-state index in [-0.39, 0.29) is 18.4 Å². The molecule has 0 atom stereocenters. The normalized spacial score (nSPS) is 13.8. The first kappa shape index (κ1) is 23.4. The number of amides is 2. The van der Waals surface area contributed by atoms with Crippen molar-refractivity contribution in [3.05, 3.63) is 59.1 Å². The van der Waals surface area contributed by atoms with E-state index in [1.165, 1.54) is 0 Å². The fourth-order valence-corrected chi connectivity index (χ4v) is 4.37. The molecule has 31 heavy (non-hydrogen) atoms. The van der Waals surface area contributed by atoms with E-state index in [1.807, 2.05) is 40.7 Å². The molecular formula is C23H28ClN3O3S. The summed E-state index contributed by atoms with van der Waals surface area (Å²) in [6.45, 7) is 3.07. The standard InChI is InChI=1S/C23H28ClN3O3S/c1-26(9-4-12-30-21-8-3-6-19(24)16-21)17-22(28)25-20-7-2-5-18(15-20)23(29)27-10-13-31-14-11-27/h2-3,5-8,15-16H,4,9-14,17H2,1H3,(H,25,28). The molecule has 0 radical (unpaired) electrons. The van der Waals surface area contributed by atoms with Crippen LogP contribution in [0.25, 0.3) is 0 Å². The number of likely N-dealkylation sites (N-methyl/N-ethyl adjacent to an activating group) is 1. The summed E-state index contributed by atoms with van der Waals surface area (Å²) in [6, 6.07) is 14.5. The van der Waals surface area contributed by atoms with Crippen molar-refractivity contribution in [2.24, 2.45) is 0 Å². The molecular weight excluding hydrogens is 434 g/mol. The Hall–Kier alpha value is -2.22. The van der Waals surface area contributed by atoms with Crippen molar-refractivity contribution in [2.45, 2.75) is 6.42 Å². The average molecular weight is 462 g/mol. The second-order valence-electron chi connectivity index (χ2n) is 7.43. The maximum Gasteiger partial charge on any atom is 0.253 e. The van der Waals surface area contributed by atoms with Gasteiger partial charge in [0.1, 0.15) is 5.75 Å². The summed E-state index contributed by atoms with van der Waals surface area (Å²) in [5.74, 6) is 2.59. The molecule has 2 aromatic carbocycles. The van der Waals surface area contributed by atoms with Crippen LogP contribution in [0.3, 0.4) is 0 Å². The third kappa shape index (κ3) is 7.76. The number of nitrogens with one attached hydrogen (secondary N) is 1. The summed E-state index contributed by atoms with van der Waals surface area (Å²) in [5, 5.41) is 3.54. The molecule has 0 unspecified atom stereocenters. The number of hydrogen-bond donors (Lipinski definition) is 1. The zero-order valence-corrected chi connectivity index (χ0v) is 19.3. The van der Waals surface area contributed by atoms with Crippen LogP contribution in [-0.4, -0.2) is 73.0 Å². The van der Waals surface area contributed by atoms with Crippen LogP contribution in [-0.2, 0) is 4.79 Å². The van der Waals surface area contributed by atoms with E-state index in [0.29, 0.717) is 22.9 Å². The Kier molecular flexibility index (Phi) is 9.06. The number of rotatable bonds is 9. The fourth-order valence-electron chi connectivity index (χ4n) is 3.28. The average Bonchev–Trinajstić information content (AvgIpc) is 2.77. The van der Waals surface area contributed by atoms with Crippen LogP contribution in [0.4, 0.5) is 5.69 Å². The van der Waals surface area contributed by atoms with Gasteiger partial charge in [-0.25, -0.2) is 0 Å². The highest BCUT2D eigenvalue weighted by atomic mass is 35.5. The lowest BCUT2D eigenvalue weighted by Gasteiger charge is -2.26. The molecule has 1 N–H and O–H groups in total. The monoisotopic (exact) mass is 461 g/mol. The largest absolute Gasteiger partial charge is 0.493 e. The van der Waals surface area contributed by atoms with Gasteiger partial charge in [-0.3, -0.25) is 14.5 Å². The minimum atomic E-state index is -0.114. The number of hydrogen-bond acceptors (Lipinski definition) is 5. The zero-order chi connectivity index (χ0) is 22.1. The van der Waals surface area contributed by atoms with E-state index < -0.39 is 0 Å². The highest BCUT2D eigenvalue weighted by molar-refractivity contribution is 7.99. The molecule has 1 saturated heterocycles. The Morgan fingerprint density at radius 1 is 1.16 bits per heavy atom. The predicted molar refractivity (Wildman–Crippen MR) is 127 cm³/mol. The quantitative estimate of drug-likeness (QED) is 0.574. The van der Waals surface area contributed by atoms with Gasteiger partial charge in [-0.15, -0.1) is 0 Å². The Morgan fingerprint density at radius 3 is 2.71 bits per heavy atom. The summed E-state index contributed by atoms with van der Waals surface area (Å²) in [7, 11) is 1.90. The second-order valence-corrected chi connectivity index (χ2v) is 9.09. The van der Waals surface area contributed by atoms with E-state index >= 15 is 0 Å². The van der Waals surface area contributed by atoms with Crippen molar-refractivity contribution < 1.29 is 14.3 Å². The first-order valence-corrected chi connectivity index (χ1v) is 11.9.